The van der Waals surface area contributed by atoms with Gasteiger partial charge < -0.3 is 5.73 Å². The normalized spacial score (nSPS) is 10.2. The van der Waals surface area contributed by atoms with Crippen LogP contribution in [-0.2, 0) is 0 Å². The predicted octanol–water partition coefficient (Wildman–Crippen LogP) is 2.85. The van der Waals surface area contributed by atoms with E-state index in [1.807, 2.05) is 26.8 Å². The molecule has 0 heterocycles. The fraction of sp³-hybridized carbons (Fsp3) is 0.333. The average Bonchev–Trinajstić information content (AvgIpc) is 1.97. The van der Waals surface area contributed by atoms with Gasteiger partial charge in [0.2, 0.25) is 0 Å². The van der Waals surface area contributed by atoms with Crippen molar-refractivity contribution in [2.75, 3.05) is 5.73 Å². The monoisotopic (exact) mass is 169 g/mol. The van der Waals surface area contributed by atoms with Crippen LogP contribution in [-0.4, -0.2) is 0 Å². The highest BCUT2D eigenvalue weighted by atomic mass is 35.5. The van der Waals surface area contributed by atoms with Gasteiger partial charge in [0, 0.05) is 10.7 Å². The molecule has 0 aliphatic heterocycles. The zero-order valence-corrected chi connectivity index (χ0v) is 7.79. The number of rotatable bonds is 0. The maximum Gasteiger partial charge on any atom is 0.0485 e. The maximum absolute atomic E-state index is 5.97. The summed E-state index contributed by atoms with van der Waals surface area (Å²) < 4.78 is 0. The second-order valence-corrected chi connectivity index (χ2v) is 3.24. The van der Waals surface area contributed by atoms with Gasteiger partial charge in [0.1, 0.15) is 0 Å². The standard InChI is InChI=1S/C9H12ClN/c1-5-4-6(2)9(11)7(3)8(5)10/h4H,11H2,1-3H3. The van der Waals surface area contributed by atoms with E-state index in [0.717, 1.165) is 27.4 Å². The van der Waals surface area contributed by atoms with E-state index in [9.17, 15) is 0 Å². The van der Waals surface area contributed by atoms with E-state index >= 15 is 0 Å². The first-order valence-corrected chi connectivity index (χ1v) is 3.93. The molecular weight excluding hydrogens is 158 g/mol. The number of anilines is 1. The summed E-state index contributed by atoms with van der Waals surface area (Å²) >= 11 is 5.97. The van der Waals surface area contributed by atoms with Crippen LogP contribution >= 0.6 is 11.6 Å². The quantitative estimate of drug-likeness (QED) is 0.594. The smallest absolute Gasteiger partial charge is 0.0485 e. The van der Waals surface area contributed by atoms with Crippen molar-refractivity contribution in [1.29, 1.82) is 0 Å². The molecule has 1 nitrogen and oxygen atoms in total. The molecule has 60 valence electrons. The van der Waals surface area contributed by atoms with Gasteiger partial charge in [0.05, 0.1) is 0 Å². The summed E-state index contributed by atoms with van der Waals surface area (Å²) in [4.78, 5) is 0. The van der Waals surface area contributed by atoms with Gasteiger partial charge in [-0.25, -0.2) is 0 Å². The molecule has 0 aromatic heterocycles. The molecule has 0 unspecified atom stereocenters. The van der Waals surface area contributed by atoms with Crippen LogP contribution in [0.15, 0.2) is 6.07 Å². The van der Waals surface area contributed by atoms with E-state index in [0.29, 0.717) is 0 Å². The highest BCUT2D eigenvalue weighted by molar-refractivity contribution is 6.32. The molecule has 0 radical (unpaired) electrons. The molecule has 0 amide bonds. The minimum absolute atomic E-state index is 0.785. The van der Waals surface area contributed by atoms with Gasteiger partial charge in [-0.2, -0.15) is 0 Å². The average molecular weight is 170 g/mol. The summed E-state index contributed by atoms with van der Waals surface area (Å²) in [5, 5.41) is 0.785. The molecule has 1 aromatic carbocycles. The van der Waals surface area contributed by atoms with Gasteiger partial charge in [0.25, 0.3) is 0 Å². The molecule has 0 atom stereocenters. The first-order chi connectivity index (χ1) is 5.04. The lowest BCUT2D eigenvalue weighted by atomic mass is 10.1. The second-order valence-electron chi connectivity index (χ2n) is 2.86. The van der Waals surface area contributed by atoms with Crippen molar-refractivity contribution in [3.05, 3.63) is 27.8 Å². The Morgan fingerprint density at radius 3 is 2.27 bits per heavy atom. The number of nitrogens with two attached hydrogens (primary N) is 1. The Bertz CT molecular complexity index is 266. The van der Waals surface area contributed by atoms with E-state index < -0.39 is 0 Å². The molecule has 2 heteroatoms. The third kappa shape index (κ3) is 1.33. The van der Waals surface area contributed by atoms with E-state index in [-0.39, 0.29) is 0 Å². The van der Waals surface area contributed by atoms with Crippen molar-refractivity contribution in [3.63, 3.8) is 0 Å². The van der Waals surface area contributed by atoms with Crippen molar-refractivity contribution in [2.45, 2.75) is 20.8 Å². The molecule has 2 N–H and O–H groups in total. The molecule has 1 aromatic rings. The summed E-state index contributed by atoms with van der Waals surface area (Å²) in [7, 11) is 0. The number of hydrogen-bond acceptors (Lipinski definition) is 1. The van der Waals surface area contributed by atoms with Crippen molar-refractivity contribution < 1.29 is 0 Å². The first kappa shape index (κ1) is 8.41. The zero-order chi connectivity index (χ0) is 8.59. The number of hydrogen-bond donors (Lipinski definition) is 1. The van der Waals surface area contributed by atoms with E-state index in [1.54, 1.807) is 0 Å². The van der Waals surface area contributed by atoms with Crippen LogP contribution in [0.1, 0.15) is 16.7 Å². The Morgan fingerprint density at radius 1 is 1.18 bits per heavy atom. The number of benzene rings is 1. The third-order valence-corrected chi connectivity index (χ3v) is 2.52. The molecular formula is C9H12ClN. The molecule has 0 fully saturated rings. The summed E-state index contributed by atoms with van der Waals surface area (Å²) in [6, 6.07) is 2.00. The van der Waals surface area contributed by atoms with Crippen LogP contribution in [0.2, 0.25) is 5.02 Å². The lowest BCUT2D eigenvalue weighted by molar-refractivity contribution is 1.33. The van der Waals surface area contributed by atoms with E-state index in [4.69, 9.17) is 17.3 Å². The van der Waals surface area contributed by atoms with E-state index in [1.165, 1.54) is 0 Å². The Balaban J connectivity index is 3.46. The zero-order valence-electron chi connectivity index (χ0n) is 7.03. The summed E-state index contributed by atoms with van der Waals surface area (Å²) in [6.07, 6.45) is 0. The maximum atomic E-state index is 5.97. The van der Waals surface area contributed by atoms with Crippen molar-refractivity contribution in [1.82, 2.24) is 0 Å². The van der Waals surface area contributed by atoms with Crippen molar-refractivity contribution in [3.8, 4) is 0 Å². The van der Waals surface area contributed by atoms with Gasteiger partial charge in [-0.3, -0.25) is 0 Å². The largest absolute Gasteiger partial charge is 0.398 e. The SMILES string of the molecule is Cc1cc(C)c(Cl)c(C)c1N. The summed E-state index contributed by atoms with van der Waals surface area (Å²) in [5.41, 5.74) is 9.76. The van der Waals surface area contributed by atoms with Crippen LogP contribution in [0.5, 0.6) is 0 Å². The predicted molar refractivity (Wildman–Crippen MR) is 50.1 cm³/mol. The Hall–Kier alpha value is -0.690. The highest BCUT2D eigenvalue weighted by Gasteiger charge is 2.05. The van der Waals surface area contributed by atoms with Crippen molar-refractivity contribution in [2.24, 2.45) is 0 Å². The van der Waals surface area contributed by atoms with Gasteiger partial charge in [-0.1, -0.05) is 17.7 Å². The van der Waals surface area contributed by atoms with Crippen LogP contribution in [0.3, 0.4) is 0 Å². The molecule has 0 saturated carbocycles. The molecule has 11 heavy (non-hydrogen) atoms. The number of aryl methyl sites for hydroxylation is 2. The fourth-order valence-electron chi connectivity index (χ4n) is 1.18. The molecule has 0 aliphatic rings. The van der Waals surface area contributed by atoms with E-state index in [2.05, 4.69) is 0 Å². The first-order valence-electron chi connectivity index (χ1n) is 3.56. The van der Waals surface area contributed by atoms with Gasteiger partial charge in [-0.15, -0.1) is 0 Å². The number of halogens is 1. The minimum Gasteiger partial charge on any atom is -0.398 e. The van der Waals surface area contributed by atoms with Gasteiger partial charge in [-0.05, 0) is 37.5 Å². The molecule has 0 aliphatic carbocycles. The van der Waals surface area contributed by atoms with Crippen LogP contribution in [0.25, 0.3) is 0 Å². The molecule has 1 rings (SSSR count). The Morgan fingerprint density at radius 2 is 1.73 bits per heavy atom. The fourth-order valence-corrected chi connectivity index (χ4v) is 1.33. The highest BCUT2D eigenvalue weighted by Crippen LogP contribution is 2.27. The molecule has 0 saturated heterocycles. The van der Waals surface area contributed by atoms with Crippen molar-refractivity contribution >= 4 is 17.3 Å². The Labute approximate surface area is 72.2 Å². The topological polar surface area (TPSA) is 26.0 Å². The molecule has 0 bridgehead atoms. The van der Waals surface area contributed by atoms with Crippen LogP contribution in [0.4, 0.5) is 5.69 Å². The third-order valence-electron chi connectivity index (χ3n) is 1.94. The lowest BCUT2D eigenvalue weighted by Gasteiger charge is -2.08. The lowest BCUT2D eigenvalue weighted by Crippen LogP contribution is -1.95. The van der Waals surface area contributed by atoms with Crippen LogP contribution in [0, 0.1) is 20.8 Å². The van der Waals surface area contributed by atoms with Gasteiger partial charge in [0.15, 0.2) is 0 Å². The summed E-state index contributed by atoms with van der Waals surface area (Å²) in [6.45, 7) is 5.92. The molecule has 0 spiro atoms. The summed E-state index contributed by atoms with van der Waals surface area (Å²) in [5.74, 6) is 0. The Kier molecular flexibility index (Phi) is 2.10. The number of nitrogen functional groups attached to an aromatic ring is 1. The minimum atomic E-state index is 0.785. The van der Waals surface area contributed by atoms with Crippen LogP contribution < -0.4 is 5.73 Å². The van der Waals surface area contributed by atoms with Gasteiger partial charge >= 0.3 is 0 Å². The second kappa shape index (κ2) is 2.74.